The Balaban J connectivity index is 1.91. The first-order valence-electron chi connectivity index (χ1n) is 5.22. The Morgan fingerprint density at radius 3 is 2.89 bits per heavy atom. The summed E-state index contributed by atoms with van der Waals surface area (Å²) in [6.07, 6.45) is 3.28. The highest BCUT2D eigenvalue weighted by molar-refractivity contribution is 6.04. The van der Waals surface area contributed by atoms with Gasteiger partial charge in [-0.2, -0.15) is 0 Å². The Morgan fingerprint density at radius 1 is 1.33 bits per heavy atom. The molecule has 2 N–H and O–H groups in total. The van der Waals surface area contributed by atoms with Crippen molar-refractivity contribution in [2.24, 2.45) is 0 Å². The van der Waals surface area contributed by atoms with Gasteiger partial charge in [0.05, 0.1) is 0 Å². The van der Waals surface area contributed by atoms with Gasteiger partial charge in [0.15, 0.2) is 11.8 Å². The average Bonchev–Trinajstić information content (AvgIpc) is 2.97. The largest absolute Gasteiger partial charge is 0.358 e. The van der Waals surface area contributed by atoms with E-state index in [1.165, 1.54) is 0 Å². The van der Waals surface area contributed by atoms with Crippen molar-refractivity contribution in [1.82, 2.24) is 20.8 Å². The molecule has 3 heterocycles. The number of pyridine rings is 1. The van der Waals surface area contributed by atoms with Crippen LogP contribution in [0.25, 0.3) is 11.3 Å². The van der Waals surface area contributed by atoms with E-state index in [4.69, 9.17) is 4.52 Å². The molecule has 1 unspecified atom stereocenters. The minimum atomic E-state index is -0.824. The van der Waals surface area contributed by atoms with Crippen LogP contribution < -0.4 is 10.6 Å². The first-order chi connectivity index (χ1) is 8.74. The number of amides is 3. The first kappa shape index (κ1) is 10.5. The van der Waals surface area contributed by atoms with Gasteiger partial charge >= 0.3 is 6.03 Å². The molecule has 2 aromatic rings. The zero-order valence-electron chi connectivity index (χ0n) is 9.08. The summed E-state index contributed by atoms with van der Waals surface area (Å²) in [6.45, 7) is 0. The van der Waals surface area contributed by atoms with Crippen molar-refractivity contribution in [3.63, 3.8) is 0 Å². The van der Waals surface area contributed by atoms with Crippen LogP contribution in [0.3, 0.4) is 0 Å². The van der Waals surface area contributed by atoms with Crippen molar-refractivity contribution >= 4 is 11.9 Å². The molecule has 0 spiro atoms. The lowest BCUT2D eigenvalue weighted by atomic mass is 10.1. The Hall–Kier alpha value is -2.70. The van der Waals surface area contributed by atoms with Crippen LogP contribution in [0, 0.1) is 0 Å². The maximum atomic E-state index is 11.4. The molecule has 1 fully saturated rings. The predicted molar refractivity (Wildman–Crippen MR) is 59.1 cm³/mol. The predicted octanol–water partition coefficient (Wildman–Crippen LogP) is 0.617. The van der Waals surface area contributed by atoms with Gasteiger partial charge in [-0.15, -0.1) is 0 Å². The molecule has 3 amide bonds. The summed E-state index contributed by atoms with van der Waals surface area (Å²) < 4.78 is 5.07. The molecule has 0 saturated carbocycles. The molecule has 18 heavy (non-hydrogen) atoms. The number of hydrogen-bond donors (Lipinski definition) is 2. The number of imide groups is 1. The van der Waals surface area contributed by atoms with E-state index in [1.54, 1.807) is 24.5 Å². The second kappa shape index (κ2) is 3.95. The summed E-state index contributed by atoms with van der Waals surface area (Å²) in [5.74, 6) is -0.161. The number of hydrogen-bond acceptors (Lipinski definition) is 5. The molecule has 0 aliphatic carbocycles. The summed E-state index contributed by atoms with van der Waals surface area (Å²) in [7, 11) is 0. The molecule has 0 bridgehead atoms. The summed E-state index contributed by atoms with van der Waals surface area (Å²) in [4.78, 5) is 26.4. The fourth-order valence-corrected chi connectivity index (χ4v) is 1.69. The fourth-order valence-electron chi connectivity index (χ4n) is 1.69. The van der Waals surface area contributed by atoms with Crippen molar-refractivity contribution in [1.29, 1.82) is 0 Å². The summed E-state index contributed by atoms with van der Waals surface area (Å²) in [6, 6.07) is 3.84. The smallest absolute Gasteiger partial charge is 0.322 e. The number of rotatable bonds is 2. The highest BCUT2D eigenvalue weighted by atomic mass is 16.5. The maximum Gasteiger partial charge on any atom is 0.322 e. The number of aromatic nitrogens is 2. The van der Waals surface area contributed by atoms with Crippen LogP contribution in [0.1, 0.15) is 11.8 Å². The van der Waals surface area contributed by atoms with Gasteiger partial charge in [-0.25, -0.2) is 4.79 Å². The third-order valence-corrected chi connectivity index (χ3v) is 2.54. The molecule has 7 nitrogen and oxygen atoms in total. The zero-order valence-corrected chi connectivity index (χ0v) is 9.08. The van der Waals surface area contributed by atoms with Gasteiger partial charge in [0.1, 0.15) is 5.69 Å². The summed E-state index contributed by atoms with van der Waals surface area (Å²) >= 11 is 0. The summed E-state index contributed by atoms with van der Waals surface area (Å²) in [5, 5.41) is 8.41. The van der Waals surface area contributed by atoms with E-state index >= 15 is 0 Å². The minimum Gasteiger partial charge on any atom is -0.358 e. The van der Waals surface area contributed by atoms with Crippen molar-refractivity contribution < 1.29 is 14.1 Å². The third kappa shape index (κ3) is 1.71. The quantitative estimate of drug-likeness (QED) is 0.754. The zero-order chi connectivity index (χ0) is 12.5. The van der Waals surface area contributed by atoms with Gasteiger partial charge in [-0.05, 0) is 12.1 Å². The standard InChI is InChI=1S/C11H8N4O3/c16-10-9(13-11(17)14-10)8-4-7(15-18-8)6-2-1-3-12-5-6/h1-5,9H,(H2,13,14,16,17). The van der Waals surface area contributed by atoms with Crippen molar-refractivity contribution in [2.75, 3.05) is 0 Å². The lowest BCUT2D eigenvalue weighted by Gasteiger charge is -1.99. The van der Waals surface area contributed by atoms with Crippen LogP contribution in [-0.2, 0) is 4.79 Å². The second-order valence-electron chi connectivity index (χ2n) is 3.75. The fraction of sp³-hybridized carbons (Fsp3) is 0.0909. The van der Waals surface area contributed by atoms with Crippen molar-refractivity contribution in [3.05, 3.63) is 36.4 Å². The van der Waals surface area contributed by atoms with Crippen molar-refractivity contribution in [2.45, 2.75) is 6.04 Å². The van der Waals surface area contributed by atoms with E-state index in [-0.39, 0.29) is 5.76 Å². The topological polar surface area (TPSA) is 97.1 Å². The molecule has 1 aliphatic rings. The van der Waals surface area contributed by atoms with E-state index in [9.17, 15) is 9.59 Å². The van der Waals surface area contributed by atoms with Crippen LogP contribution in [-0.4, -0.2) is 22.1 Å². The molecule has 7 heteroatoms. The normalized spacial score (nSPS) is 18.6. The van der Waals surface area contributed by atoms with Crippen LogP contribution >= 0.6 is 0 Å². The number of nitrogens with zero attached hydrogens (tertiary/aromatic N) is 2. The molecular formula is C11H8N4O3. The SMILES string of the molecule is O=C1NC(=O)C(c2cc(-c3cccnc3)no2)N1. The number of carbonyl (C=O) groups excluding carboxylic acids is 2. The average molecular weight is 244 g/mol. The molecule has 3 rings (SSSR count). The maximum absolute atomic E-state index is 11.4. The van der Waals surface area contributed by atoms with Gasteiger partial charge < -0.3 is 9.84 Å². The highest BCUT2D eigenvalue weighted by Crippen LogP contribution is 2.23. The molecule has 2 aromatic heterocycles. The molecule has 1 saturated heterocycles. The second-order valence-corrected chi connectivity index (χ2v) is 3.75. The van der Waals surface area contributed by atoms with Gasteiger partial charge in [0.2, 0.25) is 0 Å². The van der Waals surface area contributed by atoms with Crippen LogP contribution in [0.15, 0.2) is 35.1 Å². The summed E-state index contributed by atoms with van der Waals surface area (Å²) in [5.41, 5.74) is 1.34. The van der Waals surface area contributed by atoms with E-state index in [0.717, 1.165) is 5.56 Å². The third-order valence-electron chi connectivity index (χ3n) is 2.54. The number of carbonyl (C=O) groups is 2. The lowest BCUT2D eigenvalue weighted by molar-refractivity contribution is -0.120. The van der Waals surface area contributed by atoms with Crippen LogP contribution in [0.5, 0.6) is 0 Å². The molecule has 0 aromatic carbocycles. The monoisotopic (exact) mass is 244 g/mol. The van der Waals surface area contributed by atoms with E-state index in [2.05, 4.69) is 20.8 Å². The Labute approximate surface area is 101 Å². The highest BCUT2D eigenvalue weighted by Gasteiger charge is 2.34. The van der Waals surface area contributed by atoms with Gasteiger partial charge in [0.25, 0.3) is 5.91 Å². The van der Waals surface area contributed by atoms with E-state index in [1.807, 2.05) is 6.07 Å². The number of urea groups is 1. The Kier molecular flexibility index (Phi) is 2.30. The first-order valence-corrected chi connectivity index (χ1v) is 5.22. The van der Waals surface area contributed by atoms with Crippen LogP contribution in [0.2, 0.25) is 0 Å². The van der Waals surface area contributed by atoms with Gasteiger partial charge in [-0.1, -0.05) is 5.16 Å². The minimum absolute atomic E-state index is 0.289. The van der Waals surface area contributed by atoms with E-state index in [0.29, 0.717) is 5.69 Å². The Morgan fingerprint density at radius 2 is 2.22 bits per heavy atom. The van der Waals surface area contributed by atoms with E-state index < -0.39 is 18.0 Å². The lowest BCUT2D eigenvalue weighted by Crippen LogP contribution is -2.22. The molecular weight excluding hydrogens is 236 g/mol. The molecule has 1 atom stereocenters. The van der Waals surface area contributed by atoms with Crippen molar-refractivity contribution in [3.8, 4) is 11.3 Å². The molecule has 0 radical (unpaired) electrons. The molecule has 90 valence electrons. The Bertz CT molecular complexity index is 608. The van der Waals surface area contributed by atoms with Crippen LogP contribution in [0.4, 0.5) is 4.79 Å². The number of nitrogens with one attached hydrogen (secondary N) is 2. The van der Waals surface area contributed by atoms with Gasteiger partial charge in [0, 0.05) is 24.0 Å². The molecule has 1 aliphatic heterocycles. The van der Waals surface area contributed by atoms with Gasteiger partial charge in [-0.3, -0.25) is 15.1 Å².